The van der Waals surface area contributed by atoms with E-state index in [1.807, 2.05) is 36.4 Å². The summed E-state index contributed by atoms with van der Waals surface area (Å²) >= 11 is 6.39. The van der Waals surface area contributed by atoms with Crippen molar-refractivity contribution in [3.63, 3.8) is 0 Å². The molecule has 234 valence electrons. The van der Waals surface area contributed by atoms with E-state index in [9.17, 15) is 29.7 Å². The molecule has 3 aromatic rings. The Morgan fingerprint density at radius 1 is 1.11 bits per heavy atom. The summed E-state index contributed by atoms with van der Waals surface area (Å²) in [5, 5.41) is 32.5. The highest BCUT2D eigenvalue weighted by Crippen LogP contribution is 2.46. The molecule has 1 aliphatic heterocycles. The number of methoxy groups -OCH3 is 1. The summed E-state index contributed by atoms with van der Waals surface area (Å²) < 4.78 is 10.7. The van der Waals surface area contributed by atoms with Crippen molar-refractivity contribution in [3.05, 3.63) is 100 Å². The first-order valence-electron chi connectivity index (χ1n) is 14.5. The van der Waals surface area contributed by atoms with Crippen LogP contribution in [0.5, 0.6) is 11.5 Å². The van der Waals surface area contributed by atoms with E-state index in [0.717, 1.165) is 12.7 Å². The van der Waals surface area contributed by atoms with Crippen LogP contribution in [0, 0.1) is 17.8 Å². The number of pyridine rings is 1. The molecule has 0 saturated carbocycles. The lowest BCUT2D eigenvalue weighted by Gasteiger charge is -2.36. The third kappa shape index (κ3) is 6.78. The van der Waals surface area contributed by atoms with Crippen molar-refractivity contribution in [3.8, 4) is 11.5 Å². The molecule has 3 amide bonds. The average molecular weight is 633 g/mol. The zero-order valence-corrected chi connectivity index (χ0v) is 25.3. The van der Waals surface area contributed by atoms with E-state index in [0.29, 0.717) is 44.5 Å². The number of amides is 3. The van der Waals surface area contributed by atoms with Crippen molar-refractivity contribution in [1.29, 1.82) is 0 Å². The van der Waals surface area contributed by atoms with Gasteiger partial charge in [-0.1, -0.05) is 35.9 Å². The van der Waals surface area contributed by atoms with Crippen LogP contribution in [0.25, 0.3) is 11.6 Å². The molecule has 0 spiro atoms. The smallest absolute Gasteiger partial charge is 0.423 e. The molecule has 4 atom stereocenters. The third-order valence-electron chi connectivity index (χ3n) is 8.25. The third-order valence-corrected chi connectivity index (χ3v) is 8.58. The van der Waals surface area contributed by atoms with Crippen molar-refractivity contribution < 1.29 is 39.2 Å². The molecule has 0 radical (unpaired) electrons. The van der Waals surface area contributed by atoms with Gasteiger partial charge in [-0.05, 0) is 90.1 Å². The number of aromatic hydroxyl groups is 1. The van der Waals surface area contributed by atoms with E-state index in [1.165, 1.54) is 12.1 Å². The van der Waals surface area contributed by atoms with E-state index in [2.05, 4.69) is 9.72 Å². The van der Waals surface area contributed by atoms with Crippen LogP contribution in [0.1, 0.15) is 30.5 Å². The predicted octanol–water partition coefficient (Wildman–Crippen LogP) is 4.88. The van der Waals surface area contributed by atoms with Gasteiger partial charge in [0.05, 0.1) is 42.4 Å². The SMILES string of the molecule is COC(=O)N1C(=O)[C@@H]2[C@@H](CC(COc3ccccc3)=C([C@H](O)CC/C(=C/c3ccc(O)cc3Cl)c3ccccn3)[C@@H]2CO)C1=O. The second-order valence-corrected chi connectivity index (χ2v) is 11.3. The number of para-hydroxylation sites is 1. The maximum atomic E-state index is 13.4. The lowest BCUT2D eigenvalue weighted by Crippen LogP contribution is -2.40. The van der Waals surface area contributed by atoms with Gasteiger partial charge in [-0.25, -0.2) is 4.79 Å². The highest BCUT2D eigenvalue weighted by molar-refractivity contribution is 6.32. The maximum Gasteiger partial charge on any atom is 0.423 e. The van der Waals surface area contributed by atoms with Gasteiger partial charge in [0, 0.05) is 12.1 Å². The van der Waals surface area contributed by atoms with E-state index in [4.69, 9.17) is 16.3 Å². The second-order valence-electron chi connectivity index (χ2n) is 10.9. The zero-order chi connectivity index (χ0) is 32.1. The number of aliphatic hydroxyl groups is 2. The van der Waals surface area contributed by atoms with Crippen LogP contribution < -0.4 is 4.74 Å². The molecule has 2 aliphatic rings. The number of fused-ring (bicyclic) bond motifs is 1. The normalized spacial score (nSPS) is 20.7. The number of allylic oxidation sites excluding steroid dienone is 1. The van der Waals surface area contributed by atoms with E-state index in [-0.39, 0.29) is 25.2 Å². The largest absolute Gasteiger partial charge is 0.508 e. The van der Waals surface area contributed by atoms with Gasteiger partial charge in [0.1, 0.15) is 18.1 Å². The average Bonchev–Trinajstić information content (AvgIpc) is 3.31. The monoisotopic (exact) mass is 632 g/mol. The minimum atomic E-state index is -1.14. The predicted molar refractivity (Wildman–Crippen MR) is 166 cm³/mol. The van der Waals surface area contributed by atoms with Gasteiger partial charge in [0.25, 0.3) is 0 Å². The molecule has 3 N–H and O–H groups in total. The van der Waals surface area contributed by atoms with Gasteiger partial charge in [-0.3, -0.25) is 14.6 Å². The minimum absolute atomic E-state index is 0.00186. The highest BCUT2D eigenvalue weighted by Gasteiger charge is 2.57. The molecule has 1 saturated heterocycles. The van der Waals surface area contributed by atoms with Crippen molar-refractivity contribution in [2.24, 2.45) is 17.8 Å². The number of aliphatic hydroxyl groups excluding tert-OH is 2. The Bertz CT molecular complexity index is 1630. The first-order valence-corrected chi connectivity index (χ1v) is 14.9. The summed E-state index contributed by atoms with van der Waals surface area (Å²) in [6.07, 6.45) is 1.80. The fourth-order valence-corrected chi connectivity index (χ4v) is 6.38. The van der Waals surface area contributed by atoms with Gasteiger partial charge >= 0.3 is 6.09 Å². The number of phenols is 1. The molecule has 5 rings (SSSR count). The number of rotatable bonds is 10. The lowest BCUT2D eigenvalue weighted by atomic mass is 9.68. The Balaban J connectivity index is 1.49. The number of hydrogen-bond donors (Lipinski definition) is 3. The summed E-state index contributed by atoms with van der Waals surface area (Å²) in [5.74, 6) is -3.77. The lowest BCUT2D eigenvalue weighted by molar-refractivity contribution is -0.137. The maximum absolute atomic E-state index is 13.4. The number of likely N-dealkylation sites (tertiary alicyclic amines) is 1. The second kappa shape index (κ2) is 14.1. The van der Waals surface area contributed by atoms with Crippen molar-refractivity contribution in [1.82, 2.24) is 9.88 Å². The number of carbonyl (C=O) groups excluding carboxylic acids is 3. The molecule has 1 aromatic heterocycles. The first kappa shape index (κ1) is 31.9. The number of halogens is 1. The zero-order valence-electron chi connectivity index (χ0n) is 24.5. The highest BCUT2D eigenvalue weighted by atomic mass is 35.5. The number of imide groups is 3. The quantitative estimate of drug-likeness (QED) is 0.210. The van der Waals surface area contributed by atoms with Crippen LogP contribution in [0.3, 0.4) is 0 Å². The van der Waals surface area contributed by atoms with Crippen LogP contribution in [0.15, 0.2) is 84.1 Å². The first-order chi connectivity index (χ1) is 21.7. The Labute approximate surface area is 265 Å². The number of phenolic OH excluding ortho intramolecular Hbond substituents is 1. The number of carbonyl (C=O) groups is 3. The Morgan fingerprint density at radius 2 is 1.87 bits per heavy atom. The summed E-state index contributed by atoms with van der Waals surface area (Å²) in [7, 11) is 1.08. The van der Waals surface area contributed by atoms with E-state index >= 15 is 0 Å². The van der Waals surface area contributed by atoms with E-state index < -0.39 is 48.4 Å². The molecule has 0 unspecified atom stereocenters. The van der Waals surface area contributed by atoms with Crippen molar-refractivity contribution in [2.75, 3.05) is 20.3 Å². The van der Waals surface area contributed by atoms with Gasteiger partial charge in [-0.15, -0.1) is 0 Å². The van der Waals surface area contributed by atoms with Gasteiger partial charge in [0.15, 0.2) is 0 Å². The summed E-state index contributed by atoms with van der Waals surface area (Å²) in [6, 6.07) is 19.1. The molecule has 45 heavy (non-hydrogen) atoms. The topological polar surface area (TPSA) is 146 Å². The Hall–Kier alpha value is -4.51. The Kier molecular flexibility index (Phi) is 9.97. The fourth-order valence-electron chi connectivity index (χ4n) is 6.15. The molecule has 11 heteroatoms. The van der Waals surface area contributed by atoms with Crippen LogP contribution in [-0.4, -0.2) is 69.5 Å². The molecule has 1 aliphatic carbocycles. The number of benzene rings is 2. The molecule has 0 bridgehead atoms. The van der Waals surface area contributed by atoms with Gasteiger partial charge in [-0.2, -0.15) is 4.90 Å². The molecule has 2 heterocycles. The number of ether oxygens (including phenoxy) is 2. The van der Waals surface area contributed by atoms with Gasteiger partial charge < -0.3 is 24.8 Å². The van der Waals surface area contributed by atoms with Crippen molar-refractivity contribution >= 4 is 41.2 Å². The number of nitrogens with zero attached hydrogens (tertiary/aromatic N) is 2. The molecule has 2 aromatic carbocycles. The van der Waals surface area contributed by atoms with Gasteiger partial charge in [0.2, 0.25) is 11.8 Å². The summed E-state index contributed by atoms with van der Waals surface area (Å²) in [6.45, 7) is -0.537. The minimum Gasteiger partial charge on any atom is -0.508 e. The number of aromatic nitrogens is 1. The fraction of sp³-hybridized carbons (Fsp3) is 0.294. The van der Waals surface area contributed by atoms with Crippen LogP contribution in [-0.2, 0) is 14.3 Å². The molecule has 1 fully saturated rings. The molecular weight excluding hydrogens is 600 g/mol. The Morgan fingerprint density at radius 3 is 2.53 bits per heavy atom. The van der Waals surface area contributed by atoms with Crippen LogP contribution in [0.4, 0.5) is 4.79 Å². The van der Waals surface area contributed by atoms with Crippen LogP contribution >= 0.6 is 11.6 Å². The van der Waals surface area contributed by atoms with Crippen LogP contribution in [0.2, 0.25) is 5.02 Å². The standard InChI is InChI=1S/C34H33ClN2O8/c1-44-34(43)37-32(41)25-16-22(19-45-24-7-3-2-4-8-24)30(26(18-38)31(25)33(37)42)29(40)13-11-21(28-9-5-6-14-36-28)15-20-10-12-23(39)17-27(20)35/h2-10,12,14-15,17,25-26,29,31,38-40H,11,13,16,18-19H2,1H3/b21-15-/t25-,26+,29-,31-/m1/s1. The molecule has 10 nitrogen and oxygen atoms in total. The van der Waals surface area contributed by atoms with E-state index in [1.54, 1.807) is 30.5 Å². The molecular formula is C34H33ClN2O8. The summed E-state index contributed by atoms with van der Waals surface area (Å²) in [5.41, 5.74) is 3.04. The summed E-state index contributed by atoms with van der Waals surface area (Å²) in [4.78, 5) is 44.0. The van der Waals surface area contributed by atoms with Crippen molar-refractivity contribution in [2.45, 2.75) is 25.4 Å². The number of hydrogen-bond acceptors (Lipinski definition) is 9.